The van der Waals surface area contributed by atoms with Crippen LogP contribution < -0.4 is 5.32 Å². The molecular formula is C16H16N2O4. The molecule has 0 aromatic heterocycles. The van der Waals surface area contributed by atoms with E-state index in [0.29, 0.717) is 16.8 Å². The number of hydrogen-bond acceptors (Lipinski definition) is 4. The van der Waals surface area contributed by atoms with Gasteiger partial charge in [-0.1, -0.05) is 24.3 Å². The standard InChI is InChI=1S/C16H16N2O4/c1-10-7-8-12(18(21)22)9-14(10)16(20)17-15-6-4-3-5-13(15)11(2)19/h3-9,11,19H,1-2H3,(H,17,20). The van der Waals surface area contributed by atoms with Gasteiger partial charge in [0.05, 0.1) is 11.0 Å². The van der Waals surface area contributed by atoms with Crippen LogP contribution in [0.3, 0.4) is 0 Å². The van der Waals surface area contributed by atoms with Crippen LogP contribution in [0.4, 0.5) is 11.4 Å². The first kappa shape index (κ1) is 15.7. The van der Waals surface area contributed by atoms with E-state index in [1.165, 1.54) is 18.2 Å². The van der Waals surface area contributed by atoms with Crippen LogP contribution >= 0.6 is 0 Å². The fourth-order valence-electron chi connectivity index (χ4n) is 2.13. The Hall–Kier alpha value is -2.73. The lowest BCUT2D eigenvalue weighted by Gasteiger charge is -2.13. The number of amides is 1. The molecule has 0 bridgehead atoms. The molecule has 1 unspecified atom stereocenters. The van der Waals surface area contributed by atoms with Crippen LogP contribution in [0.15, 0.2) is 42.5 Å². The number of anilines is 1. The number of rotatable bonds is 4. The number of benzene rings is 2. The molecule has 0 aliphatic heterocycles. The lowest BCUT2D eigenvalue weighted by atomic mass is 10.1. The molecule has 2 aromatic carbocycles. The number of para-hydroxylation sites is 1. The monoisotopic (exact) mass is 300 g/mol. The first-order valence-corrected chi connectivity index (χ1v) is 6.73. The maximum atomic E-state index is 12.4. The Labute approximate surface area is 127 Å². The Morgan fingerprint density at radius 3 is 2.59 bits per heavy atom. The smallest absolute Gasteiger partial charge is 0.270 e. The molecule has 2 rings (SSSR count). The van der Waals surface area contributed by atoms with Crippen LogP contribution in [0.5, 0.6) is 0 Å². The molecule has 0 spiro atoms. The molecule has 0 saturated carbocycles. The zero-order valence-corrected chi connectivity index (χ0v) is 12.2. The summed E-state index contributed by atoms with van der Waals surface area (Å²) in [5.41, 5.74) is 1.79. The van der Waals surface area contributed by atoms with Crippen LogP contribution in [0, 0.1) is 17.0 Å². The highest BCUT2D eigenvalue weighted by Gasteiger charge is 2.16. The number of nitrogens with one attached hydrogen (secondary N) is 1. The van der Waals surface area contributed by atoms with Gasteiger partial charge >= 0.3 is 0 Å². The third-order valence-electron chi connectivity index (χ3n) is 3.34. The topological polar surface area (TPSA) is 92.5 Å². The number of hydrogen-bond donors (Lipinski definition) is 2. The minimum Gasteiger partial charge on any atom is -0.389 e. The zero-order chi connectivity index (χ0) is 16.3. The van der Waals surface area contributed by atoms with Crippen LogP contribution in [0.25, 0.3) is 0 Å². The Balaban J connectivity index is 2.34. The molecule has 0 radical (unpaired) electrons. The number of nitrogens with zero attached hydrogens (tertiary/aromatic N) is 1. The van der Waals surface area contributed by atoms with Gasteiger partial charge in [0.1, 0.15) is 0 Å². The second-order valence-electron chi connectivity index (χ2n) is 4.97. The zero-order valence-electron chi connectivity index (χ0n) is 12.2. The first-order chi connectivity index (χ1) is 10.4. The summed E-state index contributed by atoms with van der Waals surface area (Å²) in [6, 6.07) is 11.0. The number of nitro benzene ring substituents is 1. The van der Waals surface area contributed by atoms with Gasteiger partial charge in [0.15, 0.2) is 0 Å². The molecule has 0 saturated heterocycles. The van der Waals surface area contributed by atoms with Gasteiger partial charge in [-0.25, -0.2) is 0 Å². The average Bonchev–Trinajstić information content (AvgIpc) is 2.47. The summed E-state index contributed by atoms with van der Waals surface area (Å²) in [7, 11) is 0. The molecule has 6 heteroatoms. The van der Waals surface area contributed by atoms with Crippen molar-refractivity contribution in [2.75, 3.05) is 5.32 Å². The summed E-state index contributed by atoms with van der Waals surface area (Å²) in [6.45, 7) is 3.31. The van der Waals surface area contributed by atoms with E-state index in [9.17, 15) is 20.0 Å². The van der Waals surface area contributed by atoms with Crippen LogP contribution in [-0.4, -0.2) is 15.9 Å². The highest BCUT2D eigenvalue weighted by Crippen LogP contribution is 2.24. The molecule has 0 aliphatic carbocycles. The van der Waals surface area contributed by atoms with Gasteiger partial charge in [-0.15, -0.1) is 0 Å². The minimum atomic E-state index is -0.734. The molecule has 2 aromatic rings. The summed E-state index contributed by atoms with van der Waals surface area (Å²) in [5, 5.41) is 23.2. The van der Waals surface area contributed by atoms with Crippen molar-refractivity contribution in [1.82, 2.24) is 0 Å². The van der Waals surface area contributed by atoms with Gasteiger partial charge < -0.3 is 10.4 Å². The SMILES string of the molecule is Cc1ccc([N+](=O)[O-])cc1C(=O)Nc1ccccc1C(C)O. The van der Waals surface area contributed by atoms with E-state index in [4.69, 9.17) is 0 Å². The maximum Gasteiger partial charge on any atom is 0.270 e. The Morgan fingerprint density at radius 2 is 1.95 bits per heavy atom. The van der Waals surface area contributed by atoms with E-state index in [0.717, 1.165) is 0 Å². The summed E-state index contributed by atoms with van der Waals surface area (Å²) in [5.74, 6) is -0.450. The predicted molar refractivity (Wildman–Crippen MR) is 82.9 cm³/mol. The van der Waals surface area contributed by atoms with Gasteiger partial charge in [0.2, 0.25) is 0 Å². The van der Waals surface area contributed by atoms with Crippen molar-refractivity contribution < 1.29 is 14.8 Å². The van der Waals surface area contributed by atoms with Crippen molar-refractivity contribution in [3.05, 3.63) is 69.3 Å². The number of carbonyl (C=O) groups excluding carboxylic acids is 1. The molecule has 114 valence electrons. The Kier molecular flexibility index (Phi) is 4.53. The second kappa shape index (κ2) is 6.36. The summed E-state index contributed by atoms with van der Waals surface area (Å²) < 4.78 is 0. The lowest BCUT2D eigenvalue weighted by Crippen LogP contribution is -2.15. The van der Waals surface area contributed by atoms with Crippen molar-refractivity contribution in [2.24, 2.45) is 0 Å². The molecule has 22 heavy (non-hydrogen) atoms. The van der Waals surface area contributed by atoms with Crippen molar-refractivity contribution in [3.8, 4) is 0 Å². The van der Waals surface area contributed by atoms with Gasteiger partial charge in [-0.2, -0.15) is 0 Å². The number of aliphatic hydroxyl groups is 1. The number of nitro groups is 1. The van der Waals surface area contributed by atoms with E-state index >= 15 is 0 Å². The summed E-state index contributed by atoms with van der Waals surface area (Å²) in [4.78, 5) is 22.7. The first-order valence-electron chi connectivity index (χ1n) is 6.73. The van der Waals surface area contributed by atoms with E-state index in [1.807, 2.05) is 0 Å². The molecule has 1 amide bonds. The van der Waals surface area contributed by atoms with Crippen LogP contribution in [0.1, 0.15) is 34.5 Å². The van der Waals surface area contributed by atoms with Crippen LogP contribution in [-0.2, 0) is 0 Å². The Morgan fingerprint density at radius 1 is 1.27 bits per heavy atom. The van der Waals surface area contributed by atoms with Gasteiger partial charge in [-0.05, 0) is 25.5 Å². The molecule has 2 N–H and O–H groups in total. The minimum absolute atomic E-state index is 0.139. The second-order valence-corrected chi connectivity index (χ2v) is 4.97. The van der Waals surface area contributed by atoms with Gasteiger partial charge in [0.25, 0.3) is 11.6 Å². The average molecular weight is 300 g/mol. The fraction of sp³-hybridized carbons (Fsp3) is 0.188. The van der Waals surface area contributed by atoms with Crippen LogP contribution in [0.2, 0.25) is 0 Å². The molecular weight excluding hydrogens is 284 g/mol. The van der Waals surface area contributed by atoms with Crippen molar-refractivity contribution in [1.29, 1.82) is 0 Å². The molecule has 0 heterocycles. The molecule has 0 fully saturated rings. The van der Waals surface area contributed by atoms with Gasteiger partial charge in [0, 0.05) is 28.9 Å². The van der Waals surface area contributed by atoms with Crippen molar-refractivity contribution in [2.45, 2.75) is 20.0 Å². The fourth-order valence-corrected chi connectivity index (χ4v) is 2.13. The maximum absolute atomic E-state index is 12.4. The third kappa shape index (κ3) is 3.29. The number of carbonyl (C=O) groups is 1. The number of non-ortho nitro benzene ring substituents is 1. The van der Waals surface area contributed by atoms with E-state index < -0.39 is 16.9 Å². The summed E-state index contributed by atoms with van der Waals surface area (Å²) in [6.07, 6.45) is -0.734. The quantitative estimate of drug-likeness (QED) is 0.670. The van der Waals surface area contributed by atoms with Crippen molar-refractivity contribution >= 4 is 17.3 Å². The number of aliphatic hydroxyl groups excluding tert-OH is 1. The molecule has 0 aliphatic rings. The number of aryl methyl sites for hydroxylation is 1. The molecule has 1 atom stereocenters. The van der Waals surface area contributed by atoms with Crippen molar-refractivity contribution in [3.63, 3.8) is 0 Å². The Bertz CT molecular complexity index is 726. The largest absolute Gasteiger partial charge is 0.389 e. The highest BCUT2D eigenvalue weighted by atomic mass is 16.6. The highest BCUT2D eigenvalue weighted by molar-refractivity contribution is 6.06. The normalized spacial score (nSPS) is 11.8. The summed E-state index contributed by atoms with van der Waals surface area (Å²) >= 11 is 0. The van der Waals surface area contributed by atoms with Gasteiger partial charge in [-0.3, -0.25) is 14.9 Å². The van der Waals surface area contributed by atoms with E-state index in [1.54, 1.807) is 38.1 Å². The lowest BCUT2D eigenvalue weighted by molar-refractivity contribution is -0.384. The third-order valence-corrected chi connectivity index (χ3v) is 3.34. The predicted octanol–water partition coefficient (Wildman–Crippen LogP) is 3.21. The molecule has 6 nitrogen and oxygen atoms in total. The van der Waals surface area contributed by atoms with E-state index in [-0.39, 0.29) is 11.3 Å². The van der Waals surface area contributed by atoms with E-state index in [2.05, 4.69) is 5.32 Å².